The van der Waals surface area contributed by atoms with Crippen LogP contribution in [0.25, 0.3) is 0 Å². The average Bonchev–Trinajstić information content (AvgIpc) is 2.37. The predicted octanol–water partition coefficient (Wildman–Crippen LogP) is 1.86. The van der Waals surface area contributed by atoms with Gasteiger partial charge in [0.15, 0.2) is 0 Å². The van der Waals surface area contributed by atoms with Gasteiger partial charge in [0.2, 0.25) is 5.91 Å². The van der Waals surface area contributed by atoms with Crippen molar-refractivity contribution in [2.24, 2.45) is 11.7 Å². The number of benzene rings is 1. The first-order chi connectivity index (χ1) is 8.47. The third kappa shape index (κ3) is 3.47. The lowest BCUT2D eigenvalue weighted by molar-refractivity contribution is -0.123. The fourth-order valence-corrected chi connectivity index (χ4v) is 1.71. The van der Waals surface area contributed by atoms with Crippen LogP contribution in [0.5, 0.6) is 5.75 Å². The number of amides is 1. The summed E-state index contributed by atoms with van der Waals surface area (Å²) in [6, 6.07) is 7.02. The quantitative estimate of drug-likeness (QED) is 0.838. The zero-order chi connectivity index (χ0) is 13.7. The summed E-state index contributed by atoms with van der Waals surface area (Å²) in [6.07, 6.45) is 0. The predicted molar refractivity (Wildman–Crippen MR) is 72.4 cm³/mol. The van der Waals surface area contributed by atoms with E-state index in [1.54, 1.807) is 7.11 Å². The van der Waals surface area contributed by atoms with Gasteiger partial charge in [-0.2, -0.15) is 0 Å². The van der Waals surface area contributed by atoms with Crippen LogP contribution in [-0.4, -0.2) is 19.1 Å². The highest BCUT2D eigenvalue weighted by Gasteiger charge is 2.20. The van der Waals surface area contributed by atoms with Gasteiger partial charge in [0.25, 0.3) is 0 Å². The first-order valence-electron chi connectivity index (χ1n) is 6.16. The second kappa shape index (κ2) is 6.40. The Hall–Kier alpha value is -1.55. The highest BCUT2D eigenvalue weighted by atomic mass is 16.5. The molecular formula is C14H22N2O2. The van der Waals surface area contributed by atoms with E-state index in [1.165, 1.54) is 0 Å². The first kappa shape index (κ1) is 14.5. The van der Waals surface area contributed by atoms with Crippen LogP contribution in [0, 0.1) is 5.92 Å². The summed E-state index contributed by atoms with van der Waals surface area (Å²) in [6.45, 7) is 5.78. The smallest absolute Gasteiger partial charge is 0.237 e. The van der Waals surface area contributed by atoms with Crippen LogP contribution < -0.4 is 15.8 Å². The minimum absolute atomic E-state index is 0.120. The Morgan fingerprint density at radius 2 is 1.89 bits per heavy atom. The molecule has 1 unspecified atom stereocenters. The summed E-state index contributed by atoms with van der Waals surface area (Å²) in [7, 11) is 1.62. The van der Waals surface area contributed by atoms with Crippen LogP contribution in [0.4, 0.5) is 0 Å². The number of hydrogen-bond acceptors (Lipinski definition) is 3. The molecule has 1 rings (SSSR count). The number of ether oxygens (including phenoxy) is 1. The van der Waals surface area contributed by atoms with Gasteiger partial charge in [-0.3, -0.25) is 4.79 Å². The third-order valence-corrected chi connectivity index (χ3v) is 2.99. The van der Waals surface area contributed by atoms with Crippen molar-refractivity contribution in [2.75, 3.05) is 7.11 Å². The van der Waals surface area contributed by atoms with E-state index in [2.05, 4.69) is 5.32 Å². The van der Waals surface area contributed by atoms with E-state index >= 15 is 0 Å². The van der Waals surface area contributed by atoms with Crippen molar-refractivity contribution in [3.8, 4) is 5.75 Å². The van der Waals surface area contributed by atoms with Gasteiger partial charge < -0.3 is 15.8 Å². The Bertz CT molecular complexity index is 405. The number of hydrogen-bond donors (Lipinski definition) is 2. The lowest BCUT2D eigenvalue weighted by atomic mass is 10.0. The zero-order valence-corrected chi connectivity index (χ0v) is 11.4. The van der Waals surface area contributed by atoms with Gasteiger partial charge in [0, 0.05) is 5.56 Å². The molecule has 0 saturated heterocycles. The molecule has 3 N–H and O–H groups in total. The van der Waals surface area contributed by atoms with Crippen LogP contribution in [-0.2, 0) is 4.79 Å². The number of rotatable bonds is 5. The Morgan fingerprint density at radius 3 is 2.44 bits per heavy atom. The second-order valence-corrected chi connectivity index (χ2v) is 4.74. The maximum absolute atomic E-state index is 11.9. The van der Waals surface area contributed by atoms with Crippen LogP contribution in [0.3, 0.4) is 0 Å². The molecule has 0 aliphatic heterocycles. The molecule has 18 heavy (non-hydrogen) atoms. The Balaban J connectivity index is 2.76. The molecule has 4 nitrogen and oxygen atoms in total. The molecule has 1 amide bonds. The minimum Gasteiger partial charge on any atom is -0.496 e. The fraction of sp³-hybridized carbons (Fsp3) is 0.500. The van der Waals surface area contributed by atoms with Crippen LogP contribution >= 0.6 is 0 Å². The zero-order valence-electron chi connectivity index (χ0n) is 11.4. The SMILES string of the molecule is COc1ccccc1[C@H](C)NC(=O)C(N)C(C)C. The van der Waals surface area contributed by atoms with E-state index in [4.69, 9.17) is 10.5 Å². The van der Waals surface area contributed by atoms with Gasteiger partial charge in [-0.25, -0.2) is 0 Å². The standard InChI is InChI=1S/C14H22N2O2/c1-9(2)13(15)14(17)16-10(3)11-7-5-6-8-12(11)18-4/h5-10,13H,15H2,1-4H3,(H,16,17)/t10-,13?/m0/s1. The average molecular weight is 250 g/mol. The molecular weight excluding hydrogens is 228 g/mol. The molecule has 0 heterocycles. The lowest BCUT2D eigenvalue weighted by Crippen LogP contribution is -2.44. The molecule has 100 valence electrons. The number of para-hydroxylation sites is 1. The van der Waals surface area contributed by atoms with Gasteiger partial charge in [0.1, 0.15) is 5.75 Å². The molecule has 0 spiro atoms. The van der Waals surface area contributed by atoms with Crippen LogP contribution in [0.15, 0.2) is 24.3 Å². The van der Waals surface area contributed by atoms with Gasteiger partial charge in [-0.05, 0) is 18.9 Å². The van der Waals surface area contributed by atoms with E-state index in [1.807, 2.05) is 45.0 Å². The fourth-order valence-electron chi connectivity index (χ4n) is 1.71. The van der Waals surface area contributed by atoms with Crippen molar-refractivity contribution in [3.05, 3.63) is 29.8 Å². The van der Waals surface area contributed by atoms with E-state index in [0.717, 1.165) is 11.3 Å². The van der Waals surface area contributed by atoms with Crippen LogP contribution in [0.2, 0.25) is 0 Å². The van der Waals surface area contributed by atoms with E-state index in [9.17, 15) is 4.79 Å². The monoisotopic (exact) mass is 250 g/mol. The number of carbonyl (C=O) groups is 1. The molecule has 0 radical (unpaired) electrons. The number of nitrogens with two attached hydrogens (primary N) is 1. The molecule has 0 saturated carbocycles. The first-order valence-corrected chi connectivity index (χ1v) is 6.16. The molecule has 0 aromatic heterocycles. The molecule has 1 aromatic rings. The van der Waals surface area contributed by atoms with Gasteiger partial charge in [-0.1, -0.05) is 32.0 Å². The Labute approximate surface area is 109 Å². The molecule has 0 aliphatic carbocycles. The molecule has 0 bridgehead atoms. The van der Waals surface area contributed by atoms with Gasteiger partial charge in [-0.15, -0.1) is 0 Å². The minimum atomic E-state index is -0.484. The number of nitrogens with one attached hydrogen (secondary N) is 1. The van der Waals surface area contributed by atoms with Crippen molar-refractivity contribution in [1.82, 2.24) is 5.32 Å². The summed E-state index contributed by atoms with van der Waals surface area (Å²) >= 11 is 0. The van der Waals surface area contributed by atoms with Crippen molar-refractivity contribution < 1.29 is 9.53 Å². The molecule has 0 fully saturated rings. The highest BCUT2D eigenvalue weighted by molar-refractivity contribution is 5.82. The maximum Gasteiger partial charge on any atom is 0.237 e. The maximum atomic E-state index is 11.9. The lowest BCUT2D eigenvalue weighted by Gasteiger charge is -2.21. The Morgan fingerprint density at radius 1 is 1.28 bits per heavy atom. The molecule has 1 aromatic carbocycles. The van der Waals surface area contributed by atoms with Crippen LogP contribution in [0.1, 0.15) is 32.4 Å². The normalized spacial score (nSPS) is 14.1. The summed E-state index contributed by atoms with van der Waals surface area (Å²) in [5.74, 6) is 0.752. The van der Waals surface area contributed by atoms with Crippen molar-refractivity contribution in [2.45, 2.75) is 32.9 Å². The molecule has 0 aliphatic rings. The second-order valence-electron chi connectivity index (χ2n) is 4.74. The van der Waals surface area contributed by atoms with Crippen molar-refractivity contribution >= 4 is 5.91 Å². The largest absolute Gasteiger partial charge is 0.496 e. The molecule has 4 heteroatoms. The van der Waals surface area contributed by atoms with Crippen molar-refractivity contribution in [3.63, 3.8) is 0 Å². The van der Waals surface area contributed by atoms with Gasteiger partial charge in [0.05, 0.1) is 19.2 Å². The summed E-state index contributed by atoms with van der Waals surface area (Å²) < 4.78 is 5.27. The summed E-state index contributed by atoms with van der Waals surface area (Å²) in [4.78, 5) is 11.9. The Kier molecular flexibility index (Phi) is 5.16. The van der Waals surface area contributed by atoms with Gasteiger partial charge >= 0.3 is 0 Å². The summed E-state index contributed by atoms with van der Waals surface area (Å²) in [5.41, 5.74) is 6.76. The van der Waals surface area contributed by atoms with Crippen molar-refractivity contribution in [1.29, 1.82) is 0 Å². The molecule has 2 atom stereocenters. The number of methoxy groups -OCH3 is 1. The van der Waals surface area contributed by atoms with E-state index in [0.29, 0.717) is 0 Å². The topological polar surface area (TPSA) is 64.3 Å². The van der Waals surface area contributed by atoms with E-state index in [-0.39, 0.29) is 17.9 Å². The highest BCUT2D eigenvalue weighted by Crippen LogP contribution is 2.24. The number of carbonyl (C=O) groups excluding carboxylic acids is 1. The third-order valence-electron chi connectivity index (χ3n) is 2.99. The summed E-state index contributed by atoms with van der Waals surface area (Å²) in [5, 5.41) is 2.91. The van der Waals surface area contributed by atoms with E-state index < -0.39 is 6.04 Å².